The molecule has 0 atom stereocenters. The number of ether oxygens (including phenoxy) is 1. The fourth-order valence-corrected chi connectivity index (χ4v) is 1.50. The van der Waals surface area contributed by atoms with Crippen LogP contribution in [0.4, 0.5) is 22.0 Å². The minimum absolute atomic E-state index is 0.153. The topological polar surface area (TPSA) is 12.5 Å². The van der Waals surface area contributed by atoms with Gasteiger partial charge in [0, 0.05) is 18.2 Å². The number of halogens is 5. The van der Waals surface area contributed by atoms with Gasteiger partial charge in [0.2, 0.25) is 0 Å². The van der Waals surface area contributed by atoms with E-state index in [9.17, 15) is 22.0 Å². The van der Waals surface area contributed by atoms with Crippen molar-refractivity contribution in [2.45, 2.75) is 12.7 Å². The first-order valence-corrected chi connectivity index (χ1v) is 5.00. The second-order valence-electron chi connectivity index (χ2n) is 3.87. The fraction of sp³-hybridized carbons (Fsp3) is 0.455. The molecule has 7 heteroatoms. The molecule has 0 bridgehead atoms. The van der Waals surface area contributed by atoms with Crippen molar-refractivity contribution in [3.63, 3.8) is 0 Å². The quantitative estimate of drug-likeness (QED) is 0.779. The zero-order valence-electron chi connectivity index (χ0n) is 9.81. The second-order valence-corrected chi connectivity index (χ2v) is 3.87. The van der Waals surface area contributed by atoms with Crippen molar-refractivity contribution < 1.29 is 26.7 Å². The second kappa shape index (κ2) is 5.51. The molecule has 0 aliphatic carbocycles. The third kappa shape index (κ3) is 4.14. The molecule has 102 valence electrons. The Bertz CT molecular complexity index is 419. The molecule has 18 heavy (non-hydrogen) atoms. The summed E-state index contributed by atoms with van der Waals surface area (Å²) in [5.41, 5.74) is -0.153. The Balaban J connectivity index is 2.82. The van der Waals surface area contributed by atoms with Gasteiger partial charge in [-0.1, -0.05) is 0 Å². The highest BCUT2D eigenvalue weighted by Crippen LogP contribution is 2.23. The highest BCUT2D eigenvalue weighted by Gasteiger charge is 2.29. The summed E-state index contributed by atoms with van der Waals surface area (Å²) < 4.78 is 67.5. The Morgan fingerprint density at radius 2 is 1.78 bits per heavy atom. The van der Waals surface area contributed by atoms with Crippen LogP contribution in [0.3, 0.4) is 0 Å². The minimum atomic E-state index is -4.38. The molecule has 0 N–H and O–H groups in total. The van der Waals surface area contributed by atoms with Crippen LogP contribution >= 0.6 is 0 Å². The van der Waals surface area contributed by atoms with Gasteiger partial charge in [-0.2, -0.15) is 13.2 Å². The molecule has 0 saturated carbocycles. The van der Waals surface area contributed by atoms with E-state index >= 15 is 0 Å². The van der Waals surface area contributed by atoms with Crippen LogP contribution in [0, 0.1) is 11.6 Å². The van der Waals surface area contributed by atoms with Gasteiger partial charge in [0.25, 0.3) is 0 Å². The van der Waals surface area contributed by atoms with E-state index in [4.69, 9.17) is 0 Å². The molecule has 0 fully saturated rings. The summed E-state index contributed by atoms with van der Waals surface area (Å²) in [7, 11) is 2.35. The molecule has 0 amide bonds. The Labute approximate surface area is 101 Å². The average molecular weight is 269 g/mol. The minimum Gasteiger partial charge on any atom is -0.494 e. The first-order chi connectivity index (χ1) is 8.23. The van der Waals surface area contributed by atoms with Crippen LogP contribution in [0.2, 0.25) is 0 Å². The molecule has 0 radical (unpaired) electrons. The predicted octanol–water partition coefficient (Wildman–Crippen LogP) is 2.97. The molecule has 1 aromatic rings. The van der Waals surface area contributed by atoms with Crippen molar-refractivity contribution >= 4 is 0 Å². The molecule has 2 nitrogen and oxygen atoms in total. The third-order valence-corrected chi connectivity index (χ3v) is 2.21. The molecule has 1 rings (SSSR count). The van der Waals surface area contributed by atoms with Crippen molar-refractivity contribution in [2.75, 3.05) is 20.7 Å². The van der Waals surface area contributed by atoms with Crippen LogP contribution in [0.15, 0.2) is 12.1 Å². The van der Waals surface area contributed by atoms with E-state index in [0.29, 0.717) is 0 Å². The first kappa shape index (κ1) is 14.7. The van der Waals surface area contributed by atoms with E-state index in [2.05, 4.69) is 4.74 Å². The van der Waals surface area contributed by atoms with Gasteiger partial charge in [0.1, 0.15) is 5.82 Å². The Kier molecular flexibility index (Phi) is 4.50. The van der Waals surface area contributed by atoms with Gasteiger partial charge in [0.05, 0.1) is 13.7 Å². The zero-order chi connectivity index (χ0) is 13.9. The van der Waals surface area contributed by atoms with Crippen molar-refractivity contribution in [3.8, 4) is 5.75 Å². The number of hydrogen-bond donors (Lipinski definition) is 0. The normalized spacial score (nSPS) is 12.0. The maximum atomic E-state index is 13.5. The van der Waals surface area contributed by atoms with Gasteiger partial charge in [0.15, 0.2) is 11.6 Å². The number of methoxy groups -OCH3 is 1. The third-order valence-electron chi connectivity index (χ3n) is 2.21. The molecular formula is C11H12F5NO. The van der Waals surface area contributed by atoms with Crippen molar-refractivity contribution in [3.05, 3.63) is 29.3 Å². The highest BCUT2D eigenvalue weighted by molar-refractivity contribution is 5.30. The smallest absolute Gasteiger partial charge is 0.401 e. The molecule has 0 aliphatic rings. The number of nitrogens with zero attached hydrogens (tertiary/aromatic N) is 1. The average Bonchev–Trinajstić information content (AvgIpc) is 2.20. The summed E-state index contributed by atoms with van der Waals surface area (Å²) in [6.45, 7) is -1.54. The monoisotopic (exact) mass is 269 g/mol. The highest BCUT2D eigenvalue weighted by atomic mass is 19.4. The van der Waals surface area contributed by atoms with Crippen LogP contribution in [0.25, 0.3) is 0 Å². The van der Waals surface area contributed by atoms with E-state index in [1.165, 1.54) is 14.2 Å². The van der Waals surface area contributed by atoms with Crippen LogP contribution < -0.4 is 4.74 Å². The van der Waals surface area contributed by atoms with Crippen molar-refractivity contribution in [1.82, 2.24) is 4.90 Å². The van der Waals surface area contributed by atoms with Crippen LogP contribution in [0.5, 0.6) is 5.75 Å². The standard InChI is InChI=1S/C11H12F5NO/c1-17(6-11(14,15)16)5-7-3-9(13)10(18-2)4-8(7)12/h3-4H,5-6H2,1-2H3. The molecule has 0 aliphatic heterocycles. The molecule has 1 aromatic carbocycles. The zero-order valence-corrected chi connectivity index (χ0v) is 9.81. The van der Waals surface area contributed by atoms with Crippen molar-refractivity contribution in [2.24, 2.45) is 0 Å². The summed E-state index contributed by atoms with van der Waals surface area (Å²) in [4.78, 5) is 0.852. The Morgan fingerprint density at radius 1 is 1.17 bits per heavy atom. The summed E-state index contributed by atoms with van der Waals surface area (Å²) in [5.74, 6) is -1.90. The molecule has 0 heterocycles. The molecule has 0 aromatic heterocycles. The summed E-state index contributed by atoms with van der Waals surface area (Å²) in [5, 5.41) is 0. The molecule has 0 saturated heterocycles. The summed E-state index contributed by atoms with van der Waals surface area (Å²) >= 11 is 0. The van der Waals surface area contributed by atoms with Gasteiger partial charge in [-0.25, -0.2) is 8.78 Å². The van der Waals surface area contributed by atoms with Gasteiger partial charge in [-0.15, -0.1) is 0 Å². The van der Waals surface area contributed by atoms with E-state index in [1.54, 1.807) is 0 Å². The Morgan fingerprint density at radius 3 is 2.28 bits per heavy atom. The Hall–Kier alpha value is -1.37. The van der Waals surface area contributed by atoms with Gasteiger partial charge < -0.3 is 4.74 Å². The molecule has 0 unspecified atom stereocenters. The maximum absolute atomic E-state index is 13.5. The lowest BCUT2D eigenvalue weighted by atomic mass is 10.2. The first-order valence-electron chi connectivity index (χ1n) is 5.00. The predicted molar refractivity (Wildman–Crippen MR) is 55.3 cm³/mol. The van der Waals surface area contributed by atoms with E-state index < -0.39 is 24.4 Å². The van der Waals surface area contributed by atoms with Crippen LogP contribution in [0.1, 0.15) is 5.56 Å². The largest absolute Gasteiger partial charge is 0.494 e. The van der Waals surface area contributed by atoms with Gasteiger partial charge in [-0.05, 0) is 13.1 Å². The van der Waals surface area contributed by atoms with E-state index in [-0.39, 0.29) is 17.9 Å². The summed E-state index contributed by atoms with van der Waals surface area (Å²) in [6, 6.07) is 1.65. The molecular weight excluding hydrogens is 257 g/mol. The SMILES string of the molecule is COc1cc(F)c(CN(C)CC(F)(F)F)cc1F. The number of alkyl halides is 3. The van der Waals surface area contributed by atoms with E-state index in [0.717, 1.165) is 17.0 Å². The van der Waals surface area contributed by atoms with Gasteiger partial charge in [-0.3, -0.25) is 4.90 Å². The van der Waals surface area contributed by atoms with E-state index in [1.807, 2.05) is 0 Å². The lowest BCUT2D eigenvalue weighted by Crippen LogP contribution is -2.30. The summed E-state index contributed by atoms with van der Waals surface area (Å²) in [6.07, 6.45) is -4.38. The van der Waals surface area contributed by atoms with Crippen LogP contribution in [-0.2, 0) is 6.54 Å². The molecule has 0 spiro atoms. The number of hydrogen-bond acceptors (Lipinski definition) is 2. The lowest BCUT2D eigenvalue weighted by Gasteiger charge is -2.19. The maximum Gasteiger partial charge on any atom is 0.401 e. The number of rotatable bonds is 4. The van der Waals surface area contributed by atoms with Crippen molar-refractivity contribution in [1.29, 1.82) is 0 Å². The van der Waals surface area contributed by atoms with Crippen LogP contribution in [-0.4, -0.2) is 31.8 Å². The number of benzene rings is 1. The lowest BCUT2D eigenvalue weighted by molar-refractivity contribution is -0.144. The van der Waals surface area contributed by atoms with Gasteiger partial charge >= 0.3 is 6.18 Å². The fourth-order valence-electron chi connectivity index (χ4n) is 1.50.